The van der Waals surface area contributed by atoms with E-state index in [1.807, 2.05) is 48.5 Å². The zero-order valence-corrected chi connectivity index (χ0v) is 11.6. The van der Waals surface area contributed by atoms with Crippen molar-refractivity contribution < 1.29 is 0 Å². The largest absolute Gasteiger partial charge is 0.277 e. The third-order valence-electron chi connectivity index (χ3n) is 2.68. The minimum Gasteiger partial charge on any atom is -0.277 e. The van der Waals surface area contributed by atoms with Gasteiger partial charge in [0.15, 0.2) is 0 Å². The minimum atomic E-state index is 0.738. The highest BCUT2D eigenvalue weighted by atomic mass is 35.5. The standard InChI is InChI=1S/C15H11ClN2S/c16-12-8-6-11(7-9-12)14-10-15(18-17-14)19-13-4-2-1-3-5-13/h1-10H,(H,17,18). The van der Waals surface area contributed by atoms with Crippen molar-refractivity contribution in [1.29, 1.82) is 0 Å². The van der Waals surface area contributed by atoms with Crippen LogP contribution < -0.4 is 0 Å². The lowest BCUT2D eigenvalue weighted by atomic mass is 10.2. The average molecular weight is 287 g/mol. The number of halogens is 1. The molecule has 1 aromatic heterocycles. The molecule has 19 heavy (non-hydrogen) atoms. The second kappa shape index (κ2) is 5.51. The molecule has 0 saturated carbocycles. The van der Waals surface area contributed by atoms with Gasteiger partial charge in [0.2, 0.25) is 0 Å². The summed E-state index contributed by atoms with van der Waals surface area (Å²) in [5, 5.41) is 9.06. The topological polar surface area (TPSA) is 28.7 Å². The summed E-state index contributed by atoms with van der Waals surface area (Å²) in [7, 11) is 0. The predicted molar refractivity (Wildman–Crippen MR) is 79.6 cm³/mol. The second-order valence-corrected chi connectivity index (χ2v) is 5.57. The Kier molecular flexibility index (Phi) is 3.58. The van der Waals surface area contributed by atoms with Crippen LogP contribution in [0.3, 0.4) is 0 Å². The highest BCUT2D eigenvalue weighted by molar-refractivity contribution is 7.99. The van der Waals surface area contributed by atoms with E-state index >= 15 is 0 Å². The van der Waals surface area contributed by atoms with Gasteiger partial charge >= 0.3 is 0 Å². The van der Waals surface area contributed by atoms with Gasteiger partial charge in [-0.3, -0.25) is 5.10 Å². The molecule has 3 aromatic rings. The van der Waals surface area contributed by atoms with E-state index in [9.17, 15) is 0 Å². The number of nitrogens with one attached hydrogen (secondary N) is 1. The summed E-state index contributed by atoms with van der Waals surface area (Å²) in [5.41, 5.74) is 2.08. The summed E-state index contributed by atoms with van der Waals surface area (Å²) in [6.07, 6.45) is 0. The number of nitrogens with zero attached hydrogens (tertiary/aromatic N) is 1. The lowest BCUT2D eigenvalue weighted by Gasteiger charge is -1.96. The molecule has 1 heterocycles. The third kappa shape index (κ3) is 3.00. The number of hydrogen-bond donors (Lipinski definition) is 1. The van der Waals surface area contributed by atoms with E-state index in [1.165, 1.54) is 4.90 Å². The van der Waals surface area contributed by atoms with E-state index in [4.69, 9.17) is 11.6 Å². The van der Waals surface area contributed by atoms with Crippen molar-refractivity contribution in [1.82, 2.24) is 10.2 Å². The molecule has 0 bridgehead atoms. The van der Waals surface area contributed by atoms with E-state index in [2.05, 4.69) is 22.3 Å². The van der Waals surface area contributed by atoms with Crippen molar-refractivity contribution in [3.8, 4) is 11.3 Å². The van der Waals surface area contributed by atoms with Gasteiger partial charge in [-0.2, -0.15) is 5.10 Å². The van der Waals surface area contributed by atoms with Crippen molar-refractivity contribution in [2.24, 2.45) is 0 Å². The van der Waals surface area contributed by atoms with E-state index in [0.717, 1.165) is 21.3 Å². The van der Waals surface area contributed by atoms with Gasteiger partial charge in [-0.1, -0.05) is 53.7 Å². The molecular weight excluding hydrogens is 276 g/mol. The molecular formula is C15H11ClN2S. The first-order valence-electron chi connectivity index (χ1n) is 5.85. The van der Waals surface area contributed by atoms with Crippen LogP contribution in [0.4, 0.5) is 0 Å². The molecule has 0 fully saturated rings. The zero-order chi connectivity index (χ0) is 13.1. The van der Waals surface area contributed by atoms with Gasteiger partial charge in [0.25, 0.3) is 0 Å². The second-order valence-electron chi connectivity index (χ2n) is 4.04. The minimum absolute atomic E-state index is 0.738. The Morgan fingerprint density at radius 2 is 1.68 bits per heavy atom. The Morgan fingerprint density at radius 3 is 2.42 bits per heavy atom. The van der Waals surface area contributed by atoms with Gasteiger partial charge in [0.05, 0.1) is 5.69 Å². The first-order valence-corrected chi connectivity index (χ1v) is 7.05. The third-order valence-corrected chi connectivity index (χ3v) is 3.85. The SMILES string of the molecule is Clc1ccc(-c2cc(Sc3ccccc3)n[nH]2)cc1. The number of H-pyrrole nitrogens is 1. The van der Waals surface area contributed by atoms with Crippen LogP contribution in [0.2, 0.25) is 5.02 Å². The molecule has 2 nitrogen and oxygen atoms in total. The lowest BCUT2D eigenvalue weighted by molar-refractivity contribution is 1.01. The fourth-order valence-corrected chi connectivity index (χ4v) is 2.67. The van der Waals surface area contributed by atoms with Gasteiger partial charge in [-0.15, -0.1) is 0 Å². The van der Waals surface area contributed by atoms with Gasteiger partial charge in [0.1, 0.15) is 5.03 Å². The fraction of sp³-hybridized carbons (Fsp3) is 0. The molecule has 0 atom stereocenters. The highest BCUT2D eigenvalue weighted by Gasteiger charge is 2.05. The predicted octanol–water partition coefficient (Wildman–Crippen LogP) is 4.88. The Bertz CT molecular complexity index is 662. The Morgan fingerprint density at radius 1 is 0.947 bits per heavy atom. The lowest BCUT2D eigenvalue weighted by Crippen LogP contribution is -1.76. The van der Waals surface area contributed by atoms with Crippen LogP contribution in [-0.4, -0.2) is 10.2 Å². The molecule has 0 aliphatic heterocycles. The van der Waals surface area contributed by atoms with Gasteiger partial charge in [-0.05, 0) is 35.9 Å². The molecule has 4 heteroatoms. The summed E-state index contributed by atoms with van der Waals surface area (Å²) >= 11 is 7.52. The molecule has 2 aromatic carbocycles. The molecule has 0 spiro atoms. The number of hydrogen-bond acceptors (Lipinski definition) is 2. The van der Waals surface area contributed by atoms with Crippen LogP contribution in [0.25, 0.3) is 11.3 Å². The van der Waals surface area contributed by atoms with Crippen molar-refractivity contribution >= 4 is 23.4 Å². The molecule has 0 aliphatic rings. The van der Waals surface area contributed by atoms with Crippen LogP contribution >= 0.6 is 23.4 Å². The van der Waals surface area contributed by atoms with Gasteiger partial charge < -0.3 is 0 Å². The molecule has 0 aliphatic carbocycles. The van der Waals surface area contributed by atoms with E-state index < -0.39 is 0 Å². The normalized spacial score (nSPS) is 10.6. The molecule has 0 unspecified atom stereocenters. The first kappa shape index (κ1) is 12.3. The van der Waals surface area contributed by atoms with E-state index in [0.29, 0.717) is 0 Å². The van der Waals surface area contributed by atoms with Crippen LogP contribution in [0.5, 0.6) is 0 Å². The van der Waals surface area contributed by atoms with Crippen molar-refractivity contribution in [3.05, 3.63) is 65.7 Å². The summed E-state index contributed by atoms with van der Waals surface area (Å²) < 4.78 is 0. The zero-order valence-electron chi connectivity index (χ0n) is 10.0. The smallest absolute Gasteiger partial charge is 0.123 e. The Balaban J connectivity index is 1.82. The molecule has 94 valence electrons. The summed E-state index contributed by atoms with van der Waals surface area (Å²) in [6.45, 7) is 0. The van der Waals surface area contributed by atoms with E-state index in [-0.39, 0.29) is 0 Å². The summed E-state index contributed by atoms with van der Waals surface area (Å²) in [4.78, 5) is 1.18. The molecule has 3 rings (SSSR count). The highest BCUT2D eigenvalue weighted by Crippen LogP contribution is 2.29. The number of rotatable bonds is 3. The van der Waals surface area contributed by atoms with Gasteiger partial charge in [-0.25, -0.2) is 0 Å². The van der Waals surface area contributed by atoms with Crippen LogP contribution in [0.15, 0.2) is 70.6 Å². The number of aromatic amines is 1. The van der Waals surface area contributed by atoms with Crippen molar-refractivity contribution in [2.45, 2.75) is 9.92 Å². The van der Waals surface area contributed by atoms with Crippen LogP contribution in [0.1, 0.15) is 0 Å². The van der Waals surface area contributed by atoms with Crippen molar-refractivity contribution in [3.63, 3.8) is 0 Å². The molecule has 0 radical (unpaired) electrons. The number of benzene rings is 2. The number of aromatic nitrogens is 2. The quantitative estimate of drug-likeness (QED) is 0.743. The maximum absolute atomic E-state index is 5.88. The monoisotopic (exact) mass is 286 g/mol. The fourth-order valence-electron chi connectivity index (χ4n) is 1.74. The maximum Gasteiger partial charge on any atom is 0.123 e. The molecule has 0 amide bonds. The summed E-state index contributed by atoms with van der Waals surface area (Å²) in [6, 6.07) is 19.9. The van der Waals surface area contributed by atoms with Crippen LogP contribution in [-0.2, 0) is 0 Å². The van der Waals surface area contributed by atoms with E-state index in [1.54, 1.807) is 11.8 Å². The average Bonchev–Trinajstić information content (AvgIpc) is 2.89. The van der Waals surface area contributed by atoms with Crippen LogP contribution in [0, 0.1) is 0 Å². The van der Waals surface area contributed by atoms with Crippen molar-refractivity contribution in [2.75, 3.05) is 0 Å². The Hall–Kier alpha value is -1.71. The van der Waals surface area contributed by atoms with Gasteiger partial charge in [0, 0.05) is 9.92 Å². The molecule has 1 N–H and O–H groups in total. The Labute approximate surface area is 120 Å². The maximum atomic E-state index is 5.88. The summed E-state index contributed by atoms with van der Waals surface area (Å²) in [5.74, 6) is 0. The first-order chi connectivity index (χ1) is 9.31. The molecule has 0 saturated heterocycles.